The second kappa shape index (κ2) is 13.3. The first-order valence-corrected chi connectivity index (χ1v) is 11.5. The van der Waals surface area contributed by atoms with Crippen molar-refractivity contribution in [3.8, 4) is 5.75 Å². The highest BCUT2D eigenvalue weighted by molar-refractivity contribution is 5.89. The Labute approximate surface area is 225 Å². The molecule has 2 N–H and O–H groups in total. The van der Waals surface area contributed by atoms with Crippen molar-refractivity contribution in [2.75, 3.05) is 31.6 Å². The Bertz CT molecular complexity index is 1170. The standard InChI is InChI=1S/C24H22F10N2O5/c25-21(26,27)16-2-1-3-17(14-16)35-20(39)36(11-13-41-24(33,34)22(28,29)23(30,31)32)10-12-40-18-7-4-15(5-8-18)6-9-19(37)38/h1-5,7-8,14H,6,9-13H2,(H,35,39)(H,37,38). The second-order valence-corrected chi connectivity index (χ2v) is 8.32. The van der Waals surface area contributed by atoms with Crippen LogP contribution in [0, 0.1) is 0 Å². The third-order valence-corrected chi connectivity index (χ3v) is 5.28. The molecule has 0 bridgehead atoms. The number of anilines is 1. The minimum atomic E-state index is -6.64. The van der Waals surface area contributed by atoms with E-state index in [-0.39, 0.29) is 30.9 Å². The molecule has 0 fully saturated rings. The molecule has 0 aliphatic heterocycles. The van der Waals surface area contributed by atoms with E-state index in [1.165, 1.54) is 24.3 Å². The van der Waals surface area contributed by atoms with Crippen molar-refractivity contribution in [1.29, 1.82) is 0 Å². The van der Waals surface area contributed by atoms with E-state index in [4.69, 9.17) is 9.84 Å². The molecular formula is C24H22F10N2O5. The average Bonchev–Trinajstić information content (AvgIpc) is 2.86. The smallest absolute Gasteiger partial charge is 0.462 e. The summed E-state index contributed by atoms with van der Waals surface area (Å²) < 4.78 is 138. The molecule has 0 saturated heterocycles. The van der Waals surface area contributed by atoms with Gasteiger partial charge in [-0.05, 0) is 42.3 Å². The van der Waals surface area contributed by atoms with Gasteiger partial charge in [-0.2, -0.15) is 43.9 Å². The molecule has 41 heavy (non-hydrogen) atoms. The van der Waals surface area contributed by atoms with Crippen molar-refractivity contribution in [2.24, 2.45) is 0 Å². The van der Waals surface area contributed by atoms with Gasteiger partial charge in [0.15, 0.2) is 0 Å². The number of hydrogen-bond donors (Lipinski definition) is 2. The minimum Gasteiger partial charge on any atom is -0.492 e. The maximum Gasteiger partial charge on any atom is 0.462 e. The number of carbonyl (C=O) groups is 2. The number of aryl methyl sites for hydroxylation is 1. The van der Waals surface area contributed by atoms with Gasteiger partial charge in [-0.25, -0.2) is 4.79 Å². The van der Waals surface area contributed by atoms with Gasteiger partial charge in [0.05, 0.1) is 18.7 Å². The molecule has 0 aliphatic carbocycles. The van der Waals surface area contributed by atoms with Crippen LogP contribution in [0.4, 0.5) is 54.4 Å². The first kappa shape index (κ1) is 33.4. The number of amides is 2. The molecule has 0 aliphatic rings. The first-order valence-electron chi connectivity index (χ1n) is 11.5. The quantitative estimate of drug-likeness (QED) is 0.256. The number of nitrogens with zero attached hydrogens (tertiary/aromatic N) is 1. The number of halogens is 10. The lowest BCUT2D eigenvalue weighted by atomic mass is 10.1. The first-order chi connectivity index (χ1) is 18.8. The number of hydrogen-bond acceptors (Lipinski definition) is 4. The number of benzene rings is 2. The van der Waals surface area contributed by atoms with Crippen LogP contribution >= 0.6 is 0 Å². The maximum absolute atomic E-state index is 13.5. The largest absolute Gasteiger partial charge is 0.492 e. The summed E-state index contributed by atoms with van der Waals surface area (Å²) in [6.45, 7) is -3.41. The van der Waals surface area contributed by atoms with Crippen LogP contribution in [-0.2, 0) is 22.1 Å². The molecular weight excluding hydrogens is 586 g/mol. The van der Waals surface area contributed by atoms with Crippen LogP contribution in [0.25, 0.3) is 0 Å². The average molecular weight is 608 g/mol. The predicted octanol–water partition coefficient (Wildman–Crippen LogP) is 6.44. The Hall–Kier alpha value is -3.76. The molecule has 0 heterocycles. The third kappa shape index (κ3) is 9.68. The molecule has 0 aromatic heterocycles. The van der Waals surface area contributed by atoms with Crippen molar-refractivity contribution in [3.63, 3.8) is 0 Å². The molecule has 2 rings (SSSR count). The maximum atomic E-state index is 13.5. The van der Waals surface area contributed by atoms with E-state index in [2.05, 4.69) is 4.74 Å². The number of nitrogens with one attached hydrogen (secondary N) is 1. The molecule has 2 aromatic carbocycles. The normalized spacial score (nSPS) is 12.6. The lowest BCUT2D eigenvalue weighted by molar-refractivity contribution is -0.423. The zero-order chi connectivity index (χ0) is 31.1. The number of ether oxygens (including phenoxy) is 2. The molecule has 2 amide bonds. The van der Waals surface area contributed by atoms with Gasteiger partial charge in [0.25, 0.3) is 0 Å². The summed E-state index contributed by atoms with van der Waals surface area (Å²) in [7, 11) is 0. The summed E-state index contributed by atoms with van der Waals surface area (Å²) in [4.78, 5) is 23.9. The van der Waals surface area contributed by atoms with Crippen LogP contribution in [0.1, 0.15) is 17.5 Å². The molecule has 0 saturated carbocycles. The molecule has 0 unspecified atom stereocenters. The van der Waals surface area contributed by atoms with Crippen molar-refractivity contribution >= 4 is 17.7 Å². The summed E-state index contributed by atoms with van der Waals surface area (Å²) in [6, 6.07) is 7.97. The summed E-state index contributed by atoms with van der Waals surface area (Å²) in [5, 5.41) is 10.8. The zero-order valence-electron chi connectivity index (χ0n) is 20.7. The topological polar surface area (TPSA) is 88.1 Å². The van der Waals surface area contributed by atoms with Crippen molar-refractivity contribution in [3.05, 3.63) is 59.7 Å². The molecule has 17 heteroatoms. The van der Waals surface area contributed by atoms with Crippen LogP contribution in [0.5, 0.6) is 5.75 Å². The van der Waals surface area contributed by atoms with Gasteiger partial charge in [-0.3, -0.25) is 4.79 Å². The third-order valence-electron chi connectivity index (χ3n) is 5.28. The predicted molar refractivity (Wildman–Crippen MR) is 122 cm³/mol. The Kier molecular flexibility index (Phi) is 10.8. The van der Waals surface area contributed by atoms with Crippen molar-refractivity contribution in [2.45, 2.75) is 37.2 Å². The van der Waals surface area contributed by atoms with Crippen LogP contribution in [0.15, 0.2) is 48.5 Å². The Morgan fingerprint density at radius 1 is 0.854 bits per heavy atom. The fraction of sp³-hybridized carbons (Fsp3) is 0.417. The summed E-state index contributed by atoms with van der Waals surface area (Å²) in [5.74, 6) is -7.36. The van der Waals surface area contributed by atoms with E-state index in [0.29, 0.717) is 22.6 Å². The van der Waals surface area contributed by atoms with Gasteiger partial charge >= 0.3 is 36.4 Å². The number of aliphatic carboxylic acids is 1. The fourth-order valence-electron chi connectivity index (χ4n) is 3.11. The molecule has 228 valence electrons. The molecule has 0 atom stereocenters. The highest BCUT2D eigenvalue weighted by atomic mass is 19.4. The highest BCUT2D eigenvalue weighted by Gasteiger charge is 2.74. The lowest BCUT2D eigenvalue weighted by Gasteiger charge is -2.29. The van der Waals surface area contributed by atoms with E-state index in [0.717, 1.165) is 12.1 Å². The number of carboxylic acid groups (broad SMARTS) is 1. The number of alkyl halides is 10. The second-order valence-electron chi connectivity index (χ2n) is 8.32. The van der Waals surface area contributed by atoms with E-state index in [1.54, 1.807) is 0 Å². The van der Waals surface area contributed by atoms with Gasteiger partial charge in [0, 0.05) is 18.7 Å². The number of urea groups is 1. The fourth-order valence-corrected chi connectivity index (χ4v) is 3.11. The van der Waals surface area contributed by atoms with Crippen molar-refractivity contribution in [1.82, 2.24) is 4.90 Å². The highest BCUT2D eigenvalue weighted by Crippen LogP contribution is 2.46. The van der Waals surface area contributed by atoms with E-state index in [1.807, 2.05) is 5.32 Å². The Morgan fingerprint density at radius 3 is 2.02 bits per heavy atom. The number of carboxylic acids is 1. The molecule has 0 spiro atoms. The van der Waals surface area contributed by atoms with Crippen LogP contribution < -0.4 is 10.1 Å². The van der Waals surface area contributed by atoms with Gasteiger partial charge in [-0.15, -0.1) is 0 Å². The van der Waals surface area contributed by atoms with E-state index in [9.17, 15) is 53.5 Å². The number of rotatable bonds is 13. The van der Waals surface area contributed by atoms with Gasteiger partial charge in [-0.1, -0.05) is 18.2 Å². The van der Waals surface area contributed by atoms with Crippen LogP contribution in [-0.4, -0.2) is 66.5 Å². The van der Waals surface area contributed by atoms with Crippen LogP contribution in [0.2, 0.25) is 0 Å². The molecule has 7 nitrogen and oxygen atoms in total. The SMILES string of the molecule is O=C(O)CCc1ccc(OCCN(CCOC(F)(F)C(F)(F)C(F)(F)F)C(=O)Nc2cccc(C(F)(F)F)c2)cc1. The monoisotopic (exact) mass is 608 g/mol. The Balaban J connectivity index is 2.10. The minimum absolute atomic E-state index is 0.133. The van der Waals surface area contributed by atoms with Crippen LogP contribution in [0.3, 0.4) is 0 Å². The zero-order valence-corrected chi connectivity index (χ0v) is 20.7. The summed E-state index contributed by atoms with van der Waals surface area (Å²) in [5.41, 5.74) is -0.882. The summed E-state index contributed by atoms with van der Waals surface area (Å²) >= 11 is 0. The van der Waals surface area contributed by atoms with Gasteiger partial charge in [0.1, 0.15) is 12.4 Å². The lowest BCUT2D eigenvalue weighted by Crippen LogP contribution is -2.54. The summed E-state index contributed by atoms with van der Waals surface area (Å²) in [6.07, 6.45) is -17.3. The Morgan fingerprint density at radius 2 is 1.46 bits per heavy atom. The molecule has 2 aromatic rings. The molecule has 0 radical (unpaired) electrons. The van der Waals surface area contributed by atoms with Crippen molar-refractivity contribution < 1.29 is 68.1 Å². The number of carbonyl (C=O) groups excluding carboxylic acids is 1. The van der Waals surface area contributed by atoms with E-state index < -0.39 is 61.6 Å². The van der Waals surface area contributed by atoms with E-state index >= 15 is 0 Å². The van der Waals surface area contributed by atoms with Gasteiger partial charge < -0.3 is 24.8 Å². The van der Waals surface area contributed by atoms with Gasteiger partial charge in [0.2, 0.25) is 0 Å².